The highest BCUT2D eigenvalue weighted by molar-refractivity contribution is 5.87. The van der Waals surface area contributed by atoms with E-state index < -0.39 is 0 Å². The van der Waals surface area contributed by atoms with Gasteiger partial charge in [-0.1, -0.05) is 117 Å². The molecule has 4 N–H and O–H groups in total. The van der Waals surface area contributed by atoms with Crippen LogP contribution in [0.4, 0.5) is 0 Å². The van der Waals surface area contributed by atoms with Crippen LogP contribution >= 0.6 is 0 Å². The number of unbranched alkanes of at least 4 members (excludes halogenated alkanes) is 8. The molecule has 210 valence electrons. The minimum absolute atomic E-state index is 0.304. The van der Waals surface area contributed by atoms with Crippen LogP contribution < -0.4 is 11.5 Å². The molecule has 4 heteroatoms. The van der Waals surface area contributed by atoms with Crippen molar-refractivity contribution >= 4 is 22.1 Å². The topological polar surface area (TPSA) is 77.8 Å². The largest absolute Gasteiger partial charge is 0.321 e. The molecule has 0 radical (unpaired) electrons. The molecule has 0 fully saturated rings. The van der Waals surface area contributed by atoms with Gasteiger partial charge in [-0.15, -0.1) is 0 Å². The fourth-order valence-electron chi connectivity index (χ4n) is 5.88. The summed E-state index contributed by atoms with van der Waals surface area (Å²) in [5.41, 5.74) is 19.8. The van der Waals surface area contributed by atoms with E-state index in [1.54, 1.807) is 0 Å². The molecular formula is C34H54N4. The number of nitrogens with zero attached hydrogens (tertiary/aromatic N) is 2. The van der Waals surface area contributed by atoms with Crippen molar-refractivity contribution in [2.45, 2.75) is 142 Å². The first-order chi connectivity index (χ1) is 18.4. The van der Waals surface area contributed by atoms with E-state index in [1.807, 2.05) is 0 Å². The van der Waals surface area contributed by atoms with Gasteiger partial charge in [-0.2, -0.15) is 0 Å². The summed E-state index contributed by atoms with van der Waals surface area (Å²) in [6.07, 6.45) is 18.5. The second-order valence-corrected chi connectivity index (χ2v) is 11.8. The molecule has 0 atom stereocenters. The van der Waals surface area contributed by atoms with Crippen LogP contribution in [0.1, 0.15) is 142 Å². The Morgan fingerprint density at radius 3 is 1.11 bits per heavy atom. The van der Waals surface area contributed by atoms with Crippen molar-refractivity contribution in [2.75, 3.05) is 0 Å². The first kappa shape index (κ1) is 30.5. The van der Waals surface area contributed by atoms with Crippen LogP contribution in [0.5, 0.6) is 0 Å². The summed E-state index contributed by atoms with van der Waals surface area (Å²) >= 11 is 0. The maximum absolute atomic E-state index is 7.14. The van der Waals surface area contributed by atoms with Crippen LogP contribution in [-0.2, 0) is 11.1 Å². The van der Waals surface area contributed by atoms with E-state index in [4.69, 9.17) is 21.4 Å². The molecule has 0 amide bonds. The number of hydrogen-bond acceptors (Lipinski definition) is 4. The highest BCUT2D eigenvalue weighted by atomic mass is 14.8. The predicted molar refractivity (Wildman–Crippen MR) is 165 cm³/mol. The normalized spacial score (nSPS) is 12.6. The van der Waals surface area contributed by atoms with E-state index >= 15 is 0 Å². The van der Waals surface area contributed by atoms with Crippen LogP contribution in [0.2, 0.25) is 0 Å². The van der Waals surface area contributed by atoms with Gasteiger partial charge >= 0.3 is 0 Å². The first-order valence-corrected chi connectivity index (χ1v) is 15.7. The summed E-state index contributed by atoms with van der Waals surface area (Å²) in [6, 6.07) is 13.1. The van der Waals surface area contributed by atoms with Gasteiger partial charge in [0.2, 0.25) is 0 Å². The van der Waals surface area contributed by atoms with Crippen LogP contribution in [0.15, 0.2) is 36.4 Å². The lowest BCUT2D eigenvalue weighted by atomic mass is 9.81. The van der Waals surface area contributed by atoms with Crippen molar-refractivity contribution in [1.29, 1.82) is 0 Å². The molecule has 3 aromatic rings. The lowest BCUT2D eigenvalue weighted by Crippen LogP contribution is -2.36. The molecule has 0 aliphatic rings. The van der Waals surface area contributed by atoms with Crippen LogP contribution in [0, 0.1) is 0 Å². The van der Waals surface area contributed by atoms with Crippen molar-refractivity contribution < 1.29 is 0 Å². The Bertz CT molecular complexity index is 1020. The van der Waals surface area contributed by atoms with Gasteiger partial charge in [0, 0.05) is 11.1 Å². The highest BCUT2D eigenvalue weighted by Gasteiger charge is 2.28. The Kier molecular flexibility index (Phi) is 12.0. The quantitative estimate of drug-likeness (QED) is 0.130. The van der Waals surface area contributed by atoms with E-state index in [9.17, 15) is 0 Å². The molecule has 1 aromatic heterocycles. The summed E-state index contributed by atoms with van der Waals surface area (Å²) in [6.45, 7) is 9.02. The molecule has 0 bridgehead atoms. The molecule has 1 heterocycles. The minimum atomic E-state index is -0.304. The van der Waals surface area contributed by atoms with Crippen molar-refractivity contribution in [2.24, 2.45) is 11.5 Å². The summed E-state index contributed by atoms with van der Waals surface area (Å²) in [7, 11) is 0. The lowest BCUT2D eigenvalue weighted by molar-refractivity contribution is 0.348. The minimum Gasteiger partial charge on any atom is -0.321 e. The zero-order valence-corrected chi connectivity index (χ0v) is 24.8. The Morgan fingerprint density at radius 1 is 0.474 bits per heavy atom. The van der Waals surface area contributed by atoms with E-state index in [0.717, 1.165) is 47.8 Å². The maximum Gasteiger partial charge on any atom is 0.0898 e. The third kappa shape index (κ3) is 7.99. The van der Waals surface area contributed by atoms with E-state index in [2.05, 4.69) is 64.1 Å². The Labute approximate surface area is 232 Å². The molecule has 0 spiro atoms. The van der Waals surface area contributed by atoms with Gasteiger partial charge in [0.05, 0.1) is 22.1 Å². The van der Waals surface area contributed by atoms with Crippen molar-refractivity contribution in [1.82, 2.24) is 9.97 Å². The van der Waals surface area contributed by atoms with Gasteiger partial charge < -0.3 is 11.5 Å². The van der Waals surface area contributed by atoms with Crippen molar-refractivity contribution in [3.63, 3.8) is 0 Å². The van der Waals surface area contributed by atoms with Crippen molar-refractivity contribution in [3.8, 4) is 0 Å². The zero-order valence-electron chi connectivity index (χ0n) is 24.8. The second-order valence-electron chi connectivity index (χ2n) is 11.8. The number of nitrogens with two attached hydrogens (primary N) is 2. The monoisotopic (exact) mass is 518 g/mol. The number of benzene rings is 2. The van der Waals surface area contributed by atoms with Gasteiger partial charge in [-0.25, -0.2) is 9.97 Å². The third-order valence-corrected chi connectivity index (χ3v) is 8.49. The van der Waals surface area contributed by atoms with Crippen LogP contribution in [-0.4, -0.2) is 9.97 Å². The molecule has 3 rings (SSSR count). The summed E-state index contributed by atoms with van der Waals surface area (Å²) in [5, 5.41) is 0. The van der Waals surface area contributed by atoms with Gasteiger partial charge in [0.15, 0.2) is 0 Å². The molecule has 0 unspecified atom stereocenters. The Morgan fingerprint density at radius 2 is 0.789 bits per heavy atom. The zero-order chi connectivity index (χ0) is 27.4. The predicted octanol–water partition coefficient (Wildman–Crippen LogP) is 9.41. The van der Waals surface area contributed by atoms with E-state index in [1.165, 1.54) is 88.2 Å². The third-order valence-electron chi connectivity index (χ3n) is 8.49. The van der Waals surface area contributed by atoms with Crippen molar-refractivity contribution in [3.05, 3.63) is 47.5 Å². The molecule has 4 nitrogen and oxygen atoms in total. The molecule has 0 aliphatic heterocycles. The first-order valence-electron chi connectivity index (χ1n) is 15.7. The standard InChI is InChI=1S/C34H54N4/c1-5-9-13-21-33(35,22-14-10-6-2)27-17-19-29-31(25-27)38-32-26-28(18-20-30(32)37-29)34(36,23-15-11-7-3)24-16-12-8-4/h17-20,25-26H,5-16,21-24,35-36H2,1-4H3. The number of hydrogen-bond donors (Lipinski definition) is 2. The van der Waals surface area contributed by atoms with E-state index in [0.29, 0.717) is 0 Å². The number of fused-ring (bicyclic) bond motifs is 2. The van der Waals surface area contributed by atoms with Gasteiger partial charge in [-0.05, 0) is 61.1 Å². The summed E-state index contributed by atoms with van der Waals surface area (Å²) in [5.74, 6) is 0. The maximum atomic E-state index is 7.14. The van der Waals surface area contributed by atoms with E-state index in [-0.39, 0.29) is 11.1 Å². The molecule has 2 aromatic carbocycles. The molecule has 0 saturated carbocycles. The lowest BCUT2D eigenvalue weighted by Gasteiger charge is -2.31. The van der Waals surface area contributed by atoms with Crippen LogP contribution in [0.25, 0.3) is 22.1 Å². The summed E-state index contributed by atoms with van der Waals surface area (Å²) < 4.78 is 0. The molecular weight excluding hydrogens is 464 g/mol. The highest BCUT2D eigenvalue weighted by Crippen LogP contribution is 2.34. The molecule has 0 saturated heterocycles. The smallest absolute Gasteiger partial charge is 0.0898 e. The second kappa shape index (κ2) is 14.9. The SMILES string of the molecule is CCCCCC(N)(CCCCC)c1ccc2nc3ccc(C(N)(CCCCC)CCCCC)cc3nc2c1. The van der Waals surface area contributed by atoms with Crippen LogP contribution in [0.3, 0.4) is 0 Å². The number of rotatable bonds is 18. The number of aromatic nitrogens is 2. The van der Waals surface area contributed by atoms with Gasteiger partial charge in [-0.3, -0.25) is 0 Å². The average Bonchev–Trinajstić information content (AvgIpc) is 2.92. The fraction of sp³-hybridized carbons (Fsp3) is 0.647. The average molecular weight is 519 g/mol. The molecule has 38 heavy (non-hydrogen) atoms. The fourth-order valence-corrected chi connectivity index (χ4v) is 5.88. The summed E-state index contributed by atoms with van der Waals surface area (Å²) in [4.78, 5) is 10.1. The Balaban J connectivity index is 1.98. The van der Waals surface area contributed by atoms with Gasteiger partial charge in [0.1, 0.15) is 0 Å². The Hall–Kier alpha value is -2.04. The molecule has 0 aliphatic carbocycles. The van der Waals surface area contributed by atoms with Gasteiger partial charge in [0.25, 0.3) is 0 Å².